The Kier molecular flexibility index (Phi) is 6.49. The number of thiophene rings is 1. The van der Waals surface area contributed by atoms with Gasteiger partial charge in [0.1, 0.15) is 5.00 Å². The van der Waals surface area contributed by atoms with Gasteiger partial charge >= 0.3 is 11.9 Å². The number of ether oxygens (including phenoxy) is 2. The number of carbonyl (C=O) groups excluding carboxylic acids is 3. The van der Waals surface area contributed by atoms with E-state index in [1.165, 1.54) is 11.3 Å². The van der Waals surface area contributed by atoms with Crippen molar-refractivity contribution < 1.29 is 32.6 Å². The van der Waals surface area contributed by atoms with Crippen molar-refractivity contribution in [2.24, 2.45) is 0 Å². The van der Waals surface area contributed by atoms with E-state index < -0.39 is 41.7 Å². The number of amides is 1. The first-order valence-corrected chi connectivity index (χ1v) is 9.94. The van der Waals surface area contributed by atoms with Crippen LogP contribution in [0.15, 0.2) is 12.1 Å². The molecule has 0 saturated heterocycles. The molecule has 1 amide bonds. The lowest BCUT2D eigenvalue weighted by Gasteiger charge is -2.09. The molecule has 1 aromatic carbocycles. The summed E-state index contributed by atoms with van der Waals surface area (Å²) in [6.07, 6.45) is 2.46. The molecule has 0 aliphatic heterocycles. The van der Waals surface area contributed by atoms with Gasteiger partial charge in [-0.15, -0.1) is 11.3 Å². The Morgan fingerprint density at radius 3 is 2.59 bits per heavy atom. The summed E-state index contributed by atoms with van der Waals surface area (Å²) in [5.41, 5.74) is 0.794. The number of fused-ring (bicyclic) bond motifs is 1. The summed E-state index contributed by atoms with van der Waals surface area (Å²) < 4.78 is 36.3. The maximum absolute atomic E-state index is 13.3. The minimum absolute atomic E-state index is 0.198. The number of carbonyl (C=O) groups is 3. The van der Waals surface area contributed by atoms with Crippen LogP contribution in [0.4, 0.5) is 13.8 Å². The quantitative estimate of drug-likeness (QED) is 0.536. The summed E-state index contributed by atoms with van der Waals surface area (Å²) in [5, 5.41) is 2.55. The number of hydrogen-bond acceptors (Lipinski definition) is 6. The Labute approximate surface area is 173 Å². The van der Waals surface area contributed by atoms with Gasteiger partial charge in [0.15, 0.2) is 18.2 Å². The number of rotatable bonds is 6. The van der Waals surface area contributed by atoms with E-state index in [2.05, 4.69) is 5.32 Å². The molecule has 29 heavy (non-hydrogen) atoms. The Balaban J connectivity index is 1.68. The fourth-order valence-corrected chi connectivity index (χ4v) is 4.48. The van der Waals surface area contributed by atoms with Crippen molar-refractivity contribution in [2.75, 3.05) is 18.5 Å². The lowest BCUT2D eigenvalue weighted by atomic mass is 10.1. The maximum Gasteiger partial charge on any atom is 0.341 e. The summed E-state index contributed by atoms with van der Waals surface area (Å²) in [6.45, 7) is 1.19. The topological polar surface area (TPSA) is 81.7 Å². The third kappa shape index (κ3) is 4.56. The highest BCUT2D eigenvalue weighted by molar-refractivity contribution is 7.17. The summed E-state index contributed by atoms with van der Waals surface area (Å²) in [5.74, 6) is -4.77. The summed E-state index contributed by atoms with van der Waals surface area (Å²) in [4.78, 5) is 37.5. The van der Waals surface area contributed by atoms with Crippen LogP contribution in [0.5, 0.6) is 0 Å². The number of halogens is 3. The molecule has 0 radical (unpaired) electrons. The van der Waals surface area contributed by atoms with E-state index in [4.69, 9.17) is 21.1 Å². The number of nitrogens with one attached hydrogen (secondary N) is 1. The van der Waals surface area contributed by atoms with Crippen LogP contribution in [-0.4, -0.2) is 31.1 Å². The van der Waals surface area contributed by atoms with Gasteiger partial charge in [-0.25, -0.2) is 18.4 Å². The van der Waals surface area contributed by atoms with E-state index in [1.807, 2.05) is 0 Å². The molecule has 1 aromatic heterocycles. The Bertz CT molecular complexity index is 991. The molecule has 1 N–H and O–H groups in total. The van der Waals surface area contributed by atoms with Gasteiger partial charge in [-0.2, -0.15) is 0 Å². The third-order valence-electron chi connectivity index (χ3n) is 4.22. The highest BCUT2D eigenvalue weighted by Gasteiger charge is 2.28. The first kappa shape index (κ1) is 21.2. The first-order chi connectivity index (χ1) is 13.8. The summed E-state index contributed by atoms with van der Waals surface area (Å²) >= 11 is 6.99. The van der Waals surface area contributed by atoms with Crippen molar-refractivity contribution in [1.29, 1.82) is 0 Å². The molecule has 10 heteroatoms. The van der Waals surface area contributed by atoms with E-state index >= 15 is 0 Å². The molecule has 0 spiro atoms. The van der Waals surface area contributed by atoms with Crippen LogP contribution in [0.1, 0.15) is 44.5 Å². The summed E-state index contributed by atoms with van der Waals surface area (Å²) in [6, 6.07) is 1.24. The Morgan fingerprint density at radius 2 is 1.86 bits per heavy atom. The lowest BCUT2D eigenvalue weighted by Crippen LogP contribution is -2.22. The fourth-order valence-electron chi connectivity index (χ4n) is 2.96. The average molecular weight is 444 g/mol. The van der Waals surface area contributed by atoms with Crippen LogP contribution < -0.4 is 5.32 Å². The van der Waals surface area contributed by atoms with Crippen LogP contribution in [0.3, 0.4) is 0 Å². The van der Waals surface area contributed by atoms with Gasteiger partial charge in [-0.1, -0.05) is 11.6 Å². The van der Waals surface area contributed by atoms with E-state index in [-0.39, 0.29) is 11.6 Å². The molecule has 1 aliphatic rings. The second kappa shape index (κ2) is 8.87. The predicted molar refractivity (Wildman–Crippen MR) is 103 cm³/mol. The van der Waals surface area contributed by atoms with E-state index in [0.717, 1.165) is 29.7 Å². The molecule has 0 bridgehead atoms. The fraction of sp³-hybridized carbons (Fsp3) is 0.316. The average Bonchev–Trinajstić information content (AvgIpc) is 3.23. The second-order valence-electron chi connectivity index (χ2n) is 6.15. The van der Waals surface area contributed by atoms with Crippen LogP contribution >= 0.6 is 22.9 Å². The van der Waals surface area contributed by atoms with E-state index in [1.54, 1.807) is 6.92 Å². The van der Waals surface area contributed by atoms with E-state index in [9.17, 15) is 23.2 Å². The smallest absolute Gasteiger partial charge is 0.341 e. The largest absolute Gasteiger partial charge is 0.462 e. The van der Waals surface area contributed by atoms with Crippen molar-refractivity contribution in [2.45, 2.75) is 26.2 Å². The number of aryl methyl sites for hydroxylation is 1. The molecule has 0 saturated carbocycles. The van der Waals surface area contributed by atoms with Gasteiger partial charge in [0.2, 0.25) is 0 Å². The number of esters is 2. The molecule has 0 fully saturated rings. The third-order valence-corrected chi connectivity index (χ3v) is 5.74. The molecule has 2 aromatic rings. The number of hydrogen-bond donors (Lipinski definition) is 1. The van der Waals surface area contributed by atoms with Crippen molar-refractivity contribution >= 4 is 45.8 Å². The molecule has 3 rings (SSSR count). The molecule has 0 atom stereocenters. The normalized spacial score (nSPS) is 12.4. The van der Waals surface area contributed by atoms with Crippen LogP contribution in [0.2, 0.25) is 5.02 Å². The van der Waals surface area contributed by atoms with Crippen molar-refractivity contribution in [3.8, 4) is 0 Å². The highest BCUT2D eigenvalue weighted by Crippen LogP contribution is 2.39. The number of anilines is 1. The molecular formula is C19H16ClF2NO5S. The van der Waals surface area contributed by atoms with E-state index in [0.29, 0.717) is 22.7 Å². The van der Waals surface area contributed by atoms with Gasteiger partial charge < -0.3 is 14.8 Å². The van der Waals surface area contributed by atoms with Crippen LogP contribution in [-0.2, 0) is 27.1 Å². The molecule has 154 valence electrons. The van der Waals surface area contributed by atoms with Crippen LogP contribution in [0.25, 0.3) is 0 Å². The first-order valence-electron chi connectivity index (χ1n) is 8.75. The summed E-state index contributed by atoms with van der Waals surface area (Å²) in [7, 11) is 0. The van der Waals surface area contributed by atoms with Gasteiger partial charge in [-0.05, 0) is 43.9 Å². The minimum atomic E-state index is -1.27. The highest BCUT2D eigenvalue weighted by atomic mass is 35.5. The van der Waals surface area contributed by atoms with Gasteiger partial charge in [0.25, 0.3) is 5.91 Å². The lowest BCUT2D eigenvalue weighted by molar-refractivity contribution is -0.119. The number of benzene rings is 1. The van der Waals surface area contributed by atoms with Gasteiger partial charge in [0, 0.05) is 4.88 Å². The molecule has 1 heterocycles. The maximum atomic E-state index is 13.3. The van der Waals surface area contributed by atoms with Gasteiger partial charge in [-0.3, -0.25) is 4.79 Å². The monoisotopic (exact) mass is 443 g/mol. The van der Waals surface area contributed by atoms with Crippen LogP contribution in [0, 0.1) is 11.6 Å². The molecule has 0 unspecified atom stereocenters. The molecule has 1 aliphatic carbocycles. The SMILES string of the molecule is CCOC(=O)c1c(NC(=O)COC(=O)c2cc(F)c(F)cc2Cl)sc2c1CCC2. The van der Waals surface area contributed by atoms with Crippen molar-refractivity contribution in [3.63, 3.8) is 0 Å². The second-order valence-corrected chi connectivity index (χ2v) is 7.66. The zero-order valence-corrected chi connectivity index (χ0v) is 16.8. The van der Waals surface area contributed by atoms with Crippen molar-refractivity contribution in [1.82, 2.24) is 0 Å². The minimum Gasteiger partial charge on any atom is -0.462 e. The zero-order chi connectivity index (χ0) is 21.1. The van der Waals surface area contributed by atoms with Crippen molar-refractivity contribution in [3.05, 3.63) is 50.4 Å². The Hall–Kier alpha value is -2.52. The Morgan fingerprint density at radius 1 is 1.14 bits per heavy atom. The zero-order valence-electron chi connectivity index (χ0n) is 15.3. The molecule has 6 nitrogen and oxygen atoms in total. The van der Waals surface area contributed by atoms with Gasteiger partial charge in [0.05, 0.1) is 22.8 Å². The molecular weight excluding hydrogens is 428 g/mol. The standard InChI is InChI=1S/C19H16ClF2NO5S/c1-2-27-19(26)16-9-4-3-5-14(9)29-17(16)23-15(24)8-28-18(25)10-6-12(21)13(22)7-11(10)20/h6-7H,2-5,8H2,1H3,(H,23,24). The predicted octanol–water partition coefficient (Wildman–Crippen LogP) is 4.14.